The Morgan fingerprint density at radius 1 is 0.706 bits per heavy atom. The maximum Gasteiger partial charge on any atom is 2.00 e. The van der Waals surface area contributed by atoms with E-state index in [-0.39, 0.29) is 71.3 Å². The topological polar surface area (TPSA) is 83.0 Å². The van der Waals surface area contributed by atoms with Gasteiger partial charge in [0, 0.05) is 28.4 Å². The minimum absolute atomic E-state index is 0. The van der Waals surface area contributed by atoms with Crippen LogP contribution in [0.4, 0.5) is 0 Å². The molecule has 0 aromatic carbocycles. The van der Waals surface area contributed by atoms with Crippen molar-refractivity contribution in [2.75, 3.05) is 41.7 Å². The summed E-state index contributed by atoms with van der Waals surface area (Å²) in [5.41, 5.74) is 0. The molecule has 6 nitrogen and oxygen atoms in total. The van der Waals surface area contributed by atoms with Crippen LogP contribution in [-0.2, 0) is 18.9 Å². The molecule has 17 heavy (non-hydrogen) atoms. The van der Waals surface area contributed by atoms with E-state index in [0.717, 1.165) is 0 Å². The minimum Gasteiger partial charge on any atom is -0.854 e. The summed E-state index contributed by atoms with van der Waals surface area (Å²) in [5.74, 6) is 0. The largest absolute Gasteiger partial charge is 2.00 e. The van der Waals surface area contributed by atoms with Crippen LogP contribution in [0.3, 0.4) is 0 Å². The van der Waals surface area contributed by atoms with Gasteiger partial charge in [0.2, 0.25) is 0 Å². The van der Waals surface area contributed by atoms with Gasteiger partial charge in [-0.15, -0.1) is 13.2 Å². The number of rotatable bonds is 8. The molecule has 0 aliphatic heterocycles. The second kappa shape index (κ2) is 19.6. The standard InChI is InChI=1S/2C5H11O3.Sr/c2*1-7-5(8-2)3-4-6;/h2*5H,3-4H2,1-2H3;/q2*-1;+2. The molecule has 0 heterocycles. The molecular weight excluding hydrogens is 304 g/mol. The van der Waals surface area contributed by atoms with Gasteiger partial charge < -0.3 is 29.2 Å². The smallest absolute Gasteiger partial charge is 0.854 e. The number of ether oxygens (including phenoxy) is 4. The average molecular weight is 326 g/mol. The summed E-state index contributed by atoms with van der Waals surface area (Å²) >= 11 is 0. The van der Waals surface area contributed by atoms with Gasteiger partial charge in [-0.3, -0.25) is 0 Å². The van der Waals surface area contributed by atoms with Gasteiger partial charge in [0.25, 0.3) is 0 Å². The Hall–Kier alpha value is 1.24. The summed E-state index contributed by atoms with van der Waals surface area (Å²) in [7, 11) is 6.07. The van der Waals surface area contributed by atoms with E-state index >= 15 is 0 Å². The number of hydrogen-bond donors (Lipinski definition) is 0. The van der Waals surface area contributed by atoms with E-state index in [1.54, 1.807) is 0 Å². The van der Waals surface area contributed by atoms with Gasteiger partial charge in [-0.2, -0.15) is 0 Å². The Morgan fingerprint density at radius 3 is 1.00 bits per heavy atom. The van der Waals surface area contributed by atoms with Crippen molar-refractivity contribution in [2.24, 2.45) is 0 Å². The van der Waals surface area contributed by atoms with E-state index in [2.05, 4.69) is 0 Å². The first kappa shape index (κ1) is 23.3. The van der Waals surface area contributed by atoms with Crippen molar-refractivity contribution >= 4 is 45.5 Å². The van der Waals surface area contributed by atoms with E-state index in [1.165, 1.54) is 28.4 Å². The molecular formula is C10H22O6Sr. The third-order valence-corrected chi connectivity index (χ3v) is 1.76. The molecule has 0 aliphatic carbocycles. The van der Waals surface area contributed by atoms with E-state index in [4.69, 9.17) is 18.9 Å². The molecule has 0 N–H and O–H groups in total. The molecule has 0 fully saturated rings. The van der Waals surface area contributed by atoms with Gasteiger partial charge >= 0.3 is 45.5 Å². The van der Waals surface area contributed by atoms with Crippen LogP contribution in [0.1, 0.15) is 12.8 Å². The van der Waals surface area contributed by atoms with Gasteiger partial charge in [0.1, 0.15) is 0 Å². The quantitative estimate of drug-likeness (QED) is 0.392. The summed E-state index contributed by atoms with van der Waals surface area (Å²) in [6, 6.07) is 0. The van der Waals surface area contributed by atoms with Crippen LogP contribution in [0.5, 0.6) is 0 Å². The van der Waals surface area contributed by atoms with Gasteiger partial charge in [-0.1, -0.05) is 0 Å². The third kappa shape index (κ3) is 17.2. The summed E-state index contributed by atoms with van der Waals surface area (Å²) in [4.78, 5) is 0. The molecule has 0 bridgehead atoms. The molecule has 0 aromatic heterocycles. The van der Waals surface area contributed by atoms with E-state index in [0.29, 0.717) is 12.8 Å². The fourth-order valence-electron chi connectivity index (χ4n) is 0.856. The zero-order chi connectivity index (χ0) is 12.8. The third-order valence-electron chi connectivity index (χ3n) is 1.76. The molecule has 100 valence electrons. The Morgan fingerprint density at radius 2 is 0.941 bits per heavy atom. The van der Waals surface area contributed by atoms with Crippen LogP contribution in [0.15, 0.2) is 0 Å². The molecule has 0 saturated heterocycles. The van der Waals surface area contributed by atoms with Gasteiger partial charge in [-0.05, 0) is 12.8 Å². The first-order valence-corrected chi connectivity index (χ1v) is 4.97. The first-order chi connectivity index (χ1) is 7.69. The Kier molecular flexibility index (Phi) is 26.9. The van der Waals surface area contributed by atoms with Crippen LogP contribution in [0, 0.1) is 0 Å². The Balaban J connectivity index is -0.000000218. The van der Waals surface area contributed by atoms with Gasteiger partial charge in [-0.25, -0.2) is 0 Å². The van der Waals surface area contributed by atoms with Crippen molar-refractivity contribution in [3.05, 3.63) is 0 Å². The zero-order valence-corrected chi connectivity index (χ0v) is 14.6. The number of hydrogen-bond acceptors (Lipinski definition) is 6. The molecule has 0 saturated carbocycles. The van der Waals surface area contributed by atoms with Gasteiger partial charge in [0.15, 0.2) is 12.6 Å². The molecule has 7 heteroatoms. The van der Waals surface area contributed by atoms with Crippen molar-refractivity contribution in [1.29, 1.82) is 0 Å². The van der Waals surface area contributed by atoms with Crippen LogP contribution in [-0.4, -0.2) is 99.7 Å². The summed E-state index contributed by atoms with van der Waals surface area (Å²) in [5, 5.41) is 19.8. The van der Waals surface area contributed by atoms with Crippen LogP contribution >= 0.6 is 0 Å². The van der Waals surface area contributed by atoms with Crippen molar-refractivity contribution in [2.45, 2.75) is 25.4 Å². The van der Waals surface area contributed by atoms with E-state index in [1.807, 2.05) is 0 Å². The van der Waals surface area contributed by atoms with E-state index in [9.17, 15) is 10.2 Å². The van der Waals surface area contributed by atoms with Crippen LogP contribution in [0.25, 0.3) is 0 Å². The van der Waals surface area contributed by atoms with Gasteiger partial charge in [0.05, 0.1) is 0 Å². The fourth-order valence-corrected chi connectivity index (χ4v) is 0.856. The summed E-state index contributed by atoms with van der Waals surface area (Å²) < 4.78 is 18.9. The second-order valence-electron chi connectivity index (χ2n) is 2.79. The summed E-state index contributed by atoms with van der Waals surface area (Å²) in [6.07, 6.45) is 0.222. The monoisotopic (exact) mass is 326 g/mol. The fraction of sp³-hybridized carbons (Fsp3) is 1.00. The maximum atomic E-state index is 9.90. The molecule has 0 aromatic rings. The molecule has 0 spiro atoms. The molecule has 0 unspecified atom stereocenters. The predicted octanol–water partition coefficient (Wildman–Crippen LogP) is -1.67. The maximum absolute atomic E-state index is 9.90. The molecule has 0 amide bonds. The Labute approximate surface area is 140 Å². The van der Waals surface area contributed by atoms with Crippen molar-refractivity contribution in [3.8, 4) is 0 Å². The first-order valence-electron chi connectivity index (χ1n) is 4.97. The van der Waals surface area contributed by atoms with E-state index < -0.39 is 0 Å². The summed E-state index contributed by atoms with van der Waals surface area (Å²) in [6.45, 7) is -0.293. The SMILES string of the molecule is COC(CC[O-])OC.COC(CC[O-])OC.[Sr+2]. The van der Waals surface area contributed by atoms with Crippen LogP contribution < -0.4 is 10.2 Å². The minimum atomic E-state index is -0.313. The Bertz CT molecular complexity index is 105. The molecule has 0 rings (SSSR count). The second-order valence-corrected chi connectivity index (χ2v) is 2.79. The molecule has 0 atom stereocenters. The van der Waals surface area contributed by atoms with Crippen LogP contribution in [0.2, 0.25) is 0 Å². The predicted molar refractivity (Wildman–Crippen MR) is 60.3 cm³/mol. The van der Waals surface area contributed by atoms with Crippen molar-refractivity contribution in [3.63, 3.8) is 0 Å². The van der Waals surface area contributed by atoms with Crippen molar-refractivity contribution < 1.29 is 29.2 Å². The van der Waals surface area contributed by atoms with Crippen molar-refractivity contribution in [1.82, 2.24) is 0 Å². The molecule has 0 radical (unpaired) electrons. The number of methoxy groups -OCH3 is 4. The average Bonchev–Trinajstić information content (AvgIpc) is 2.33. The molecule has 0 aliphatic rings. The zero-order valence-electron chi connectivity index (χ0n) is 11.1. The normalized spacial score (nSPS) is 9.88.